The molecule has 3 aromatic heterocycles. The Morgan fingerprint density at radius 3 is 2.58 bits per heavy atom. The predicted octanol–water partition coefficient (Wildman–Crippen LogP) is 3.13. The Kier molecular flexibility index (Phi) is 7.36. The van der Waals surface area contributed by atoms with Gasteiger partial charge in [0, 0.05) is 29.8 Å². The van der Waals surface area contributed by atoms with E-state index in [0.717, 1.165) is 0 Å². The third-order valence-corrected chi connectivity index (χ3v) is 5.87. The third-order valence-electron chi connectivity index (χ3n) is 5.87. The van der Waals surface area contributed by atoms with Crippen LogP contribution in [0.4, 0.5) is 10.1 Å². The van der Waals surface area contributed by atoms with Crippen molar-refractivity contribution in [3.63, 3.8) is 0 Å². The number of nitrogens with one attached hydrogen (secondary N) is 2. The van der Waals surface area contributed by atoms with Crippen molar-refractivity contribution in [1.29, 1.82) is 0 Å². The smallest absolute Gasteiger partial charge is 0.317 e. The highest BCUT2D eigenvalue weighted by molar-refractivity contribution is 5.95. The van der Waals surface area contributed by atoms with Crippen molar-refractivity contribution in [2.75, 3.05) is 31.7 Å². The van der Waals surface area contributed by atoms with E-state index in [9.17, 15) is 9.18 Å². The molecule has 1 amide bonds. The standard InChI is InChI=1S/C26H25FN6O5/c1-26(24(35)30-18-6-9-28-10-7-18)14-37-23(38-15-26)22-32-20(16-2-4-17(27)5-3-16)21(33-22)19-8-11-29-25(31-19)36-13-12-34/h2-11,23,34H,12-15H2,1H3,(H,32,33)(H,28,30,35). The zero-order chi connectivity index (χ0) is 26.5. The van der Waals surface area contributed by atoms with E-state index in [1.54, 1.807) is 49.6 Å². The lowest BCUT2D eigenvalue weighted by atomic mass is 9.91. The minimum Gasteiger partial charge on any atom is -0.461 e. The van der Waals surface area contributed by atoms with Crippen LogP contribution >= 0.6 is 0 Å². The number of imidazole rings is 1. The van der Waals surface area contributed by atoms with Gasteiger partial charge in [0.1, 0.15) is 12.4 Å². The molecule has 0 saturated carbocycles. The normalized spacial score (nSPS) is 19.2. The molecule has 5 rings (SSSR count). The average Bonchev–Trinajstić information content (AvgIpc) is 3.39. The Balaban J connectivity index is 1.39. The van der Waals surface area contributed by atoms with Gasteiger partial charge < -0.3 is 29.6 Å². The molecule has 1 saturated heterocycles. The number of benzene rings is 1. The summed E-state index contributed by atoms with van der Waals surface area (Å²) in [5, 5.41) is 11.9. The van der Waals surface area contributed by atoms with Crippen LogP contribution in [0.3, 0.4) is 0 Å². The summed E-state index contributed by atoms with van der Waals surface area (Å²) in [6.45, 7) is 1.79. The zero-order valence-electron chi connectivity index (χ0n) is 20.4. The van der Waals surface area contributed by atoms with Crippen LogP contribution in [0.2, 0.25) is 0 Å². The number of pyridine rings is 1. The number of anilines is 1. The third kappa shape index (κ3) is 5.52. The number of hydrogen-bond acceptors (Lipinski definition) is 9. The van der Waals surface area contributed by atoms with Crippen molar-refractivity contribution >= 4 is 11.6 Å². The first-order chi connectivity index (χ1) is 18.4. The lowest BCUT2D eigenvalue weighted by molar-refractivity contribution is -0.229. The number of carbonyl (C=O) groups excluding carboxylic acids is 1. The van der Waals surface area contributed by atoms with E-state index in [2.05, 4.69) is 30.2 Å². The van der Waals surface area contributed by atoms with Gasteiger partial charge in [-0.2, -0.15) is 4.98 Å². The number of amides is 1. The van der Waals surface area contributed by atoms with Gasteiger partial charge in [-0.15, -0.1) is 0 Å². The first-order valence-electron chi connectivity index (χ1n) is 11.8. The fourth-order valence-corrected chi connectivity index (χ4v) is 3.81. The van der Waals surface area contributed by atoms with Crippen LogP contribution in [0.25, 0.3) is 22.6 Å². The van der Waals surface area contributed by atoms with Gasteiger partial charge in [0.25, 0.3) is 0 Å². The maximum atomic E-state index is 13.6. The molecule has 1 aliphatic rings. The molecule has 0 radical (unpaired) electrons. The second kappa shape index (κ2) is 11.0. The Bertz CT molecular complexity index is 1390. The largest absolute Gasteiger partial charge is 0.461 e. The highest BCUT2D eigenvalue weighted by Gasteiger charge is 2.41. The summed E-state index contributed by atoms with van der Waals surface area (Å²) < 4.78 is 30.8. The van der Waals surface area contributed by atoms with Crippen molar-refractivity contribution in [2.45, 2.75) is 13.2 Å². The summed E-state index contributed by atoms with van der Waals surface area (Å²) >= 11 is 0. The summed E-state index contributed by atoms with van der Waals surface area (Å²) in [5.74, 6) is -0.269. The number of aliphatic hydroxyl groups excluding tert-OH is 1. The summed E-state index contributed by atoms with van der Waals surface area (Å²) in [7, 11) is 0. The molecule has 38 heavy (non-hydrogen) atoms. The van der Waals surface area contributed by atoms with E-state index in [1.807, 2.05) is 0 Å². The average molecular weight is 521 g/mol. The van der Waals surface area contributed by atoms with Crippen molar-refractivity contribution < 1.29 is 28.5 Å². The van der Waals surface area contributed by atoms with Crippen LogP contribution in [0, 0.1) is 11.2 Å². The number of aliphatic hydroxyl groups is 1. The quantitative estimate of drug-likeness (QED) is 0.319. The van der Waals surface area contributed by atoms with Gasteiger partial charge in [-0.25, -0.2) is 14.4 Å². The number of nitrogens with zero attached hydrogens (tertiary/aromatic N) is 4. The van der Waals surface area contributed by atoms with Gasteiger partial charge in [0.15, 0.2) is 5.82 Å². The summed E-state index contributed by atoms with van der Waals surface area (Å²) in [6.07, 6.45) is 3.82. The van der Waals surface area contributed by atoms with Gasteiger partial charge in [-0.05, 0) is 49.4 Å². The zero-order valence-corrected chi connectivity index (χ0v) is 20.4. The first kappa shape index (κ1) is 25.4. The Labute approximate surface area is 217 Å². The summed E-state index contributed by atoms with van der Waals surface area (Å²) in [5.41, 5.74) is 1.79. The number of H-pyrrole nitrogens is 1. The van der Waals surface area contributed by atoms with Crippen LogP contribution in [0.5, 0.6) is 6.01 Å². The SMILES string of the molecule is CC1(C(=O)Nc2ccncc2)COC(c2nc(-c3ccc(F)cc3)c(-c3ccnc(OCCO)n3)[nH]2)OC1. The minimum absolute atomic E-state index is 0.0414. The maximum Gasteiger partial charge on any atom is 0.317 e. The molecule has 196 valence electrons. The lowest BCUT2D eigenvalue weighted by Crippen LogP contribution is -2.45. The Morgan fingerprint density at radius 2 is 1.87 bits per heavy atom. The number of aromatic nitrogens is 5. The van der Waals surface area contributed by atoms with E-state index >= 15 is 0 Å². The summed E-state index contributed by atoms with van der Waals surface area (Å²) in [4.78, 5) is 33.2. The number of carbonyl (C=O) groups is 1. The van der Waals surface area contributed by atoms with Crippen LogP contribution in [0.15, 0.2) is 61.1 Å². The molecule has 0 aliphatic carbocycles. The molecule has 4 aromatic rings. The second-order valence-corrected chi connectivity index (χ2v) is 8.85. The van der Waals surface area contributed by atoms with Crippen LogP contribution < -0.4 is 10.1 Å². The number of rotatable bonds is 8. The van der Waals surface area contributed by atoms with E-state index in [4.69, 9.17) is 19.3 Å². The molecule has 11 nitrogen and oxygen atoms in total. The molecule has 3 N–H and O–H groups in total. The summed E-state index contributed by atoms with van der Waals surface area (Å²) in [6, 6.07) is 11.0. The fraction of sp³-hybridized carbons (Fsp3) is 0.269. The molecule has 12 heteroatoms. The molecule has 0 atom stereocenters. The molecule has 1 aromatic carbocycles. The number of ether oxygens (including phenoxy) is 3. The van der Waals surface area contributed by atoms with Crippen LogP contribution in [0.1, 0.15) is 19.0 Å². The minimum atomic E-state index is -0.930. The second-order valence-electron chi connectivity index (χ2n) is 8.85. The van der Waals surface area contributed by atoms with Gasteiger partial charge in [0.05, 0.1) is 42.3 Å². The molecular weight excluding hydrogens is 495 g/mol. The Hall–Kier alpha value is -4.26. The molecule has 1 aliphatic heterocycles. The van der Waals surface area contributed by atoms with Gasteiger partial charge in [-0.3, -0.25) is 9.78 Å². The van der Waals surface area contributed by atoms with E-state index in [1.165, 1.54) is 18.3 Å². The van der Waals surface area contributed by atoms with Crippen LogP contribution in [-0.2, 0) is 14.3 Å². The topological polar surface area (TPSA) is 144 Å². The maximum absolute atomic E-state index is 13.6. The van der Waals surface area contributed by atoms with Crippen molar-refractivity contribution in [1.82, 2.24) is 24.9 Å². The molecule has 4 heterocycles. The van der Waals surface area contributed by atoms with Crippen molar-refractivity contribution in [2.24, 2.45) is 5.41 Å². The highest BCUT2D eigenvalue weighted by Crippen LogP contribution is 2.36. The number of aromatic amines is 1. The monoisotopic (exact) mass is 520 g/mol. The number of halogens is 1. The van der Waals surface area contributed by atoms with Gasteiger partial charge in [0.2, 0.25) is 12.2 Å². The van der Waals surface area contributed by atoms with Gasteiger partial charge >= 0.3 is 6.01 Å². The molecular formula is C26H25FN6O5. The predicted molar refractivity (Wildman–Crippen MR) is 133 cm³/mol. The van der Waals surface area contributed by atoms with Crippen molar-refractivity contribution in [3.8, 4) is 28.7 Å². The van der Waals surface area contributed by atoms with Crippen molar-refractivity contribution in [3.05, 3.63) is 72.7 Å². The van der Waals surface area contributed by atoms with Crippen LogP contribution in [-0.4, -0.2) is 62.4 Å². The fourth-order valence-electron chi connectivity index (χ4n) is 3.81. The number of hydrogen-bond donors (Lipinski definition) is 3. The molecule has 0 spiro atoms. The first-order valence-corrected chi connectivity index (χ1v) is 11.8. The lowest BCUT2D eigenvalue weighted by Gasteiger charge is -2.35. The van der Waals surface area contributed by atoms with E-state index < -0.39 is 11.7 Å². The van der Waals surface area contributed by atoms with E-state index in [-0.39, 0.29) is 44.2 Å². The highest BCUT2D eigenvalue weighted by atomic mass is 19.1. The van der Waals surface area contributed by atoms with E-state index in [0.29, 0.717) is 34.2 Å². The Morgan fingerprint density at radius 1 is 1.13 bits per heavy atom. The molecule has 0 unspecified atom stereocenters. The van der Waals surface area contributed by atoms with Gasteiger partial charge in [-0.1, -0.05) is 0 Å². The molecule has 0 bridgehead atoms. The molecule has 1 fully saturated rings.